The summed E-state index contributed by atoms with van der Waals surface area (Å²) in [6.07, 6.45) is 2.27. The lowest BCUT2D eigenvalue weighted by atomic mass is 9.81. The summed E-state index contributed by atoms with van der Waals surface area (Å²) in [4.78, 5) is 12.7. The molecule has 2 aromatic carbocycles. The Bertz CT molecular complexity index is 693. The van der Waals surface area contributed by atoms with E-state index in [2.05, 4.69) is 17.4 Å². The van der Waals surface area contributed by atoms with Crippen molar-refractivity contribution in [1.82, 2.24) is 5.32 Å². The second kappa shape index (κ2) is 8.28. The Labute approximate surface area is 148 Å². The molecule has 132 valence electrons. The van der Waals surface area contributed by atoms with Crippen molar-refractivity contribution in [3.8, 4) is 0 Å². The lowest BCUT2D eigenvalue weighted by Crippen LogP contribution is -2.43. The highest BCUT2D eigenvalue weighted by Gasteiger charge is 2.32. The molecule has 4 nitrogen and oxygen atoms in total. The molecule has 0 atom stereocenters. The van der Waals surface area contributed by atoms with Crippen molar-refractivity contribution >= 4 is 5.91 Å². The highest BCUT2D eigenvalue weighted by atomic mass is 16.5. The first-order valence-electron chi connectivity index (χ1n) is 8.81. The zero-order valence-corrected chi connectivity index (χ0v) is 14.4. The molecular formula is C21H25NO3. The smallest absolute Gasteiger partial charge is 0.251 e. The van der Waals surface area contributed by atoms with Gasteiger partial charge in [0, 0.05) is 30.7 Å². The van der Waals surface area contributed by atoms with Crippen LogP contribution in [0, 0.1) is 5.41 Å². The van der Waals surface area contributed by atoms with E-state index >= 15 is 0 Å². The summed E-state index contributed by atoms with van der Waals surface area (Å²) in [6, 6.07) is 17.9. The summed E-state index contributed by atoms with van der Waals surface area (Å²) < 4.78 is 5.38. The van der Waals surface area contributed by atoms with Crippen molar-refractivity contribution in [2.24, 2.45) is 5.41 Å². The maximum Gasteiger partial charge on any atom is 0.251 e. The summed E-state index contributed by atoms with van der Waals surface area (Å²) in [5, 5.41) is 12.8. The molecule has 0 bridgehead atoms. The summed E-state index contributed by atoms with van der Waals surface area (Å²) >= 11 is 0. The molecule has 0 aliphatic carbocycles. The fourth-order valence-electron chi connectivity index (χ4n) is 3.27. The van der Waals surface area contributed by atoms with Crippen molar-refractivity contribution in [2.45, 2.75) is 19.3 Å². The molecule has 1 aliphatic heterocycles. The molecule has 25 heavy (non-hydrogen) atoms. The quantitative estimate of drug-likeness (QED) is 0.851. The second-order valence-corrected chi connectivity index (χ2v) is 6.77. The number of ether oxygens (including phenoxy) is 1. The molecule has 4 heteroatoms. The van der Waals surface area contributed by atoms with Crippen LogP contribution in [0.2, 0.25) is 0 Å². The van der Waals surface area contributed by atoms with Gasteiger partial charge in [0.05, 0.1) is 6.61 Å². The highest BCUT2D eigenvalue weighted by Crippen LogP contribution is 2.29. The van der Waals surface area contributed by atoms with E-state index in [1.807, 2.05) is 42.5 Å². The maximum atomic E-state index is 12.7. The molecule has 0 saturated carbocycles. The van der Waals surface area contributed by atoms with E-state index < -0.39 is 0 Å². The number of hydrogen-bond donors (Lipinski definition) is 2. The number of nitrogens with one attached hydrogen (secondary N) is 1. The molecule has 0 spiro atoms. The molecule has 1 saturated heterocycles. The van der Waals surface area contributed by atoms with Crippen LogP contribution in [0.25, 0.3) is 0 Å². The van der Waals surface area contributed by atoms with Gasteiger partial charge in [0.2, 0.25) is 0 Å². The van der Waals surface area contributed by atoms with Gasteiger partial charge in [0.1, 0.15) is 0 Å². The van der Waals surface area contributed by atoms with E-state index in [4.69, 9.17) is 4.74 Å². The first-order chi connectivity index (χ1) is 12.2. The number of aliphatic hydroxyl groups is 1. The molecule has 1 aliphatic rings. The number of hydrogen-bond acceptors (Lipinski definition) is 3. The Kier molecular flexibility index (Phi) is 5.84. The predicted octanol–water partition coefficient (Wildman–Crippen LogP) is 2.80. The van der Waals surface area contributed by atoms with Gasteiger partial charge in [0.25, 0.3) is 5.91 Å². The van der Waals surface area contributed by atoms with E-state index in [0.29, 0.717) is 25.3 Å². The number of aliphatic hydroxyl groups excluding tert-OH is 1. The van der Waals surface area contributed by atoms with Crippen LogP contribution < -0.4 is 5.32 Å². The third-order valence-electron chi connectivity index (χ3n) is 5.01. The van der Waals surface area contributed by atoms with Crippen LogP contribution in [-0.4, -0.2) is 37.4 Å². The van der Waals surface area contributed by atoms with Crippen molar-refractivity contribution in [3.63, 3.8) is 0 Å². The molecule has 0 aromatic heterocycles. The number of carbonyl (C=O) groups is 1. The van der Waals surface area contributed by atoms with Gasteiger partial charge in [-0.25, -0.2) is 0 Å². The third kappa shape index (κ3) is 4.47. The van der Waals surface area contributed by atoms with Gasteiger partial charge in [0.15, 0.2) is 0 Å². The third-order valence-corrected chi connectivity index (χ3v) is 5.01. The van der Waals surface area contributed by atoms with Crippen LogP contribution in [0.5, 0.6) is 0 Å². The van der Waals surface area contributed by atoms with E-state index in [1.54, 1.807) is 0 Å². The Hall–Kier alpha value is -2.17. The lowest BCUT2D eigenvalue weighted by Gasteiger charge is -2.35. The number of carbonyl (C=O) groups excluding carboxylic acids is 1. The summed E-state index contributed by atoms with van der Waals surface area (Å²) in [5.41, 5.74) is 2.63. The minimum atomic E-state index is -0.262. The molecule has 0 unspecified atom stereocenters. The van der Waals surface area contributed by atoms with Crippen molar-refractivity contribution in [2.75, 3.05) is 26.4 Å². The van der Waals surface area contributed by atoms with E-state index in [-0.39, 0.29) is 17.9 Å². The van der Waals surface area contributed by atoms with E-state index in [0.717, 1.165) is 24.8 Å². The molecular weight excluding hydrogens is 314 g/mol. The van der Waals surface area contributed by atoms with E-state index in [9.17, 15) is 9.90 Å². The number of benzene rings is 2. The predicted molar refractivity (Wildman–Crippen MR) is 97.6 cm³/mol. The fourth-order valence-corrected chi connectivity index (χ4v) is 3.27. The van der Waals surface area contributed by atoms with Gasteiger partial charge in [-0.1, -0.05) is 48.5 Å². The molecule has 1 fully saturated rings. The topological polar surface area (TPSA) is 58.6 Å². The van der Waals surface area contributed by atoms with Gasteiger partial charge in [-0.15, -0.1) is 0 Å². The van der Waals surface area contributed by atoms with Crippen molar-refractivity contribution < 1.29 is 14.6 Å². The monoisotopic (exact) mass is 339 g/mol. The fraction of sp³-hybridized carbons (Fsp3) is 0.381. The number of amides is 1. The van der Waals surface area contributed by atoms with Gasteiger partial charge in [-0.05, 0) is 36.5 Å². The van der Waals surface area contributed by atoms with Crippen molar-refractivity contribution in [1.29, 1.82) is 0 Å². The Morgan fingerprint density at radius 2 is 1.72 bits per heavy atom. The summed E-state index contributed by atoms with van der Waals surface area (Å²) in [7, 11) is 0. The molecule has 0 radical (unpaired) electrons. The van der Waals surface area contributed by atoms with Crippen LogP contribution in [-0.2, 0) is 11.2 Å². The van der Waals surface area contributed by atoms with Crippen LogP contribution in [0.3, 0.4) is 0 Å². The van der Waals surface area contributed by atoms with Gasteiger partial charge >= 0.3 is 0 Å². The first-order valence-corrected chi connectivity index (χ1v) is 8.81. The maximum absolute atomic E-state index is 12.7. The van der Waals surface area contributed by atoms with Crippen LogP contribution in [0.1, 0.15) is 34.3 Å². The van der Waals surface area contributed by atoms with Crippen LogP contribution in [0.15, 0.2) is 54.6 Å². The molecule has 2 aromatic rings. The highest BCUT2D eigenvalue weighted by molar-refractivity contribution is 5.95. The average molecular weight is 339 g/mol. The lowest BCUT2D eigenvalue weighted by molar-refractivity contribution is -0.0146. The zero-order chi connectivity index (χ0) is 17.5. The van der Waals surface area contributed by atoms with Crippen LogP contribution in [0.4, 0.5) is 0 Å². The SMILES string of the molecule is O=C(NCC1(CO)CCOCC1)c1ccccc1Cc1ccccc1. The minimum Gasteiger partial charge on any atom is -0.396 e. The average Bonchev–Trinajstić information content (AvgIpc) is 2.68. The molecule has 2 N–H and O–H groups in total. The Balaban J connectivity index is 1.69. The number of rotatable bonds is 6. The van der Waals surface area contributed by atoms with Crippen molar-refractivity contribution in [3.05, 3.63) is 71.3 Å². The minimum absolute atomic E-state index is 0.0717. The Morgan fingerprint density at radius 1 is 1.04 bits per heavy atom. The Morgan fingerprint density at radius 3 is 2.44 bits per heavy atom. The summed E-state index contributed by atoms with van der Waals surface area (Å²) in [6.45, 7) is 1.83. The van der Waals surface area contributed by atoms with Gasteiger partial charge < -0.3 is 15.2 Å². The van der Waals surface area contributed by atoms with Gasteiger partial charge in [-0.2, -0.15) is 0 Å². The largest absolute Gasteiger partial charge is 0.396 e. The molecule has 1 amide bonds. The molecule has 1 heterocycles. The van der Waals surface area contributed by atoms with E-state index in [1.165, 1.54) is 5.56 Å². The standard InChI is InChI=1S/C21H25NO3/c23-16-21(10-12-25-13-11-21)15-22-20(24)19-9-5-4-8-18(19)14-17-6-2-1-3-7-17/h1-9,23H,10-16H2,(H,22,24). The van der Waals surface area contributed by atoms with Gasteiger partial charge in [-0.3, -0.25) is 4.79 Å². The van der Waals surface area contributed by atoms with Crippen LogP contribution >= 0.6 is 0 Å². The second-order valence-electron chi connectivity index (χ2n) is 6.77. The molecule has 3 rings (SSSR count). The first kappa shape index (κ1) is 17.6. The zero-order valence-electron chi connectivity index (χ0n) is 14.4. The normalized spacial score (nSPS) is 16.4. The summed E-state index contributed by atoms with van der Waals surface area (Å²) in [5.74, 6) is -0.0779.